The van der Waals surface area contributed by atoms with E-state index in [1.165, 1.54) is 19.1 Å². The van der Waals surface area contributed by atoms with E-state index in [9.17, 15) is 18.0 Å². The maximum absolute atomic E-state index is 13.1. The molecule has 0 aliphatic rings. The molecule has 0 aliphatic heterocycles. The molecular weight excluding hydrogens is 327 g/mol. The van der Waals surface area contributed by atoms with Gasteiger partial charge in [0, 0.05) is 6.04 Å². The molecule has 0 aromatic heterocycles. The number of benzene rings is 2. The lowest BCUT2D eigenvalue weighted by molar-refractivity contribution is -0.137. The molecule has 25 heavy (non-hydrogen) atoms. The minimum atomic E-state index is -4.39. The Morgan fingerprint density at radius 1 is 1.04 bits per heavy atom. The molecule has 2 rings (SSSR count). The Morgan fingerprint density at radius 3 is 2.16 bits per heavy atom. The van der Waals surface area contributed by atoms with Crippen LogP contribution in [0.3, 0.4) is 0 Å². The summed E-state index contributed by atoms with van der Waals surface area (Å²) < 4.78 is 39.4. The Labute approximate surface area is 146 Å². The first kappa shape index (κ1) is 19.2. The number of carbonyl (C=O) groups excluding carboxylic acids is 1. The number of alkyl halides is 3. The fraction of sp³-hybridized carbons (Fsp3) is 0.350. The highest BCUT2D eigenvalue weighted by Gasteiger charge is 2.33. The first-order valence-electron chi connectivity index (χ1n) is 8.20. The van der Waals surface area contributed by atoms with Crippen molar-refractivity contribution in [2.45, 2.75) is 45.5 Å². The molecular formula is C20H22F3NO. The second kappa shape index (κ2) is 7.83. The molecule has 0 saturated heterocycles. The molecule has 134 valence electrons. The van der Waals surface area contributed by atoms with Gasteiger partial charge >= 0.3 is 6.18 Å². The summed E-state index contributed by atoms with van der Waals surface area (Å²) in [6.07, 6.45) is -3.88. The van der Waals surface area contributed by atoms with Gasteiger partial charge in [-0.3, -0.25) is 4.79 Å². The van der Waals surface area contributed by atoms with E-state index in [1.54, 1.807) is 30.3 Å². The fourth-order valence-corrected chi connectivity index (χ4v) is 2.76. The van der Waals surface area contributed by atoms with Gasteiger partial charge in [-0.2, -0.15) is 13.2 Å². The average molecular weight is 349 g/mol. The Hall–Kier alpha value is -2.14. The van der Waals surface area contributed by atoms with Crippen LogP contribution in [-0.2, 0) is 17.4 Å². The van der Waals surface area contributed by atoms with E-state index >= 15 is 0 Å². The summed E-state index contributed by atoms with van der Waals surface area (Å²) in [6, 6.07) is 12.3. The molecule has 0 saturated carbocycles. The largest absolute Gasteiger partial charge is 0.417 e. The number of rotatable bonds is 6. The molecule has 0 spiro atoms. The van der Waals surface area contributed by atoms with Crippen molar-refractivity contribution in [3.8, 4) is 11.1 Å². The first-order chi connectivity index (χ1) is 11.7. The first-order valence-corrected chi connectivity index (χ1v) is 8.20. The highest BCUT2D eigenvalue weighted by atomic mass is 19.4. The lowest BCUT2D eigenvalue weighted by Crippen LogP contribution is -2.41. The third kappa shape index (κ3) is 5.16. The number of hydrogen-bond donors (Lipinski definition) is 1. The molecule has 0 amide bonds. The van der Waals surface area contributed by atoms with E-state index in [2.05, 4.69) is 5.32 Å². The van der Waals surface area contributed by atoms with Crippen LogP contribution < -0.4 is 5.32 Å². The smallest absolute Gasteiger partial charge is 0.305 e. The van der Waals surface area contributed by atoms with Crippen LogP contribution in [0.4, 0.5) is 13.2 Å². The maximum atomic E-state index is 13.1. The Kier molecular flexibility index (Phi) is 6.01. The number of ketones is 1. The summed E-state index contributed by atoms with van der Waals surface area (Å²) in [5.41, 5.74) is 0.922. The summed E-state index contributed by atoms with van der Waals surface area (Å²) in [6.45, 7) is 5.47. The molecule has 1 N–H and O–H groups in total. The van der Waals surface area contributed by atoms with Gasteiger partial charge in [-0.15, -0.1) is 0 Å². The minimum Gasteiger partial charge on any atom is -0.305 e. The number of Topliss-reactive ketones (excluding diaryl/α,β-unsaturated/α-hetero) is 1. The van der Waals surface area contributed by atoms with Gasteiger partial charge in [-0.1, -0.05) is 56.3 Å². The van der Waals surface area contributed by atoms with E-state index in [0.717, 1.165) is 11.6 Å². The predicted molar refractivity (Wildman–Crippen MR) is 93.3 cm³/mol. The van der Waals surface area contributed by atoms with Gasteiger partial charge in [0.1, 0.15) is 5.78 Å². The van der Waals surface area contributed by atoms with Crippen LogP contribution >= 0.6 is 0 Å². The molecule has 5 heteroatoms. The van der Waals surface area contributed by atoms with Crippen molar-refractivity contribution in [3.63, 3.8) is 0 Å². The summed E-state index contributed by atoms with van der Waals surface area (Å²) in [4.78, 5) is 11.7. The van der Waals surface area contributed by atoms with Crippen molar-refractivity contribution in [1.29, 1.82) is 0 Å². The normalized spacial score (nSPS) is 13.1. The van der Waals surface area contributed by atoms with Crippen LogP contribution in [0.1, 0.15) is 31.9 Å². The molecule has 0 aliphatic carbocycles. The molecule has 2 aromatic rings. The zero-order chi connectivity index (χ0) is 18.6. The molecule has 0 bridgehead atoms. The number of nitrogens with one attached hydrogen (secondary N) is 1. The minimum absolute atomic E-state index is 0.0418. The van der Waals surface area contributed by atoms with Gasteiger partial charge in [0.15, 0.2) is 0 Å². The standard InChI is InChI=1S/C20H22F3NO/c1-13(2)24-19(14(3)25)12-15-8-10-16(11-9-15)17-6-4-5-7-18(17)20(21,22)23/h4-11,13,19,24H,12H2,1-3H3. The summed E-state index contributed by atoms with van der Waals surface area (Å²) in [5, 5.41) is 3.20. The lowest BCUT2D eigenvalue weighted by atomic mass is 9.96. The molecule has 0 fully saturated rings. The Balaban J connectivity index is 2.25. The highest BCUT2D eigenvalue weighted by Crippen LogP contribution is 2.36. The van der Waals surface area contributed by atoms with E-state index in [-0.39, 0.29) is 23.4 Å². The van der Waals surface area contributed by atoms with Crippen molar-refractivity contribution in [3.05, 3.63) is 59.7 Å². The quantitative estimate of drug-likeness (QED) is 0.806. The summed E-state index contributed by atoms with van der Waals surface area (Å²) >= 11 is 0. The molecule has 0 radical (unpaired) electrons. The predicted octanol–water partition coefficient (Wildman–Crippen LogP) is 4.87. The highest BCUT2D eigenvalue weighted by molar-refractivity contribution is 5.81. The van der Waals surface area contributed by atoms with Gasteiger partial charge in [0.2, 0.25) is 0 Å². The lowest BCUT2D eigenvalue weighted by Gasteiger charge is -2.19. The number of carbonyl (C=O) groups is 1. The van der Waals surface area contributed by atoms with Gasteiger partial charge in [-0.25, -0.2) is 0 Å². The van der Waals surface area contributed by atoms with E-state index in [1.807, 2.05) is 13.8 Å². The van der Waals surface area contributed by atoms with Crippen LogP contribution in [-0.4, -0.2) is 17.9 Å². The van der Waals surface area contributed by atoms with Crippen molar-refractivity contribution in [1.82, 2.24) is 5.32 Å². The summed E-state index contributed by atoms with van der Waals surface area (Å²) in [7, 11) is 0. The van der Waals surface area contributed by atoms with Gasteiger partial charge in [0.25, 0.3) is 0 Å². The zero-order valence-electron chi connectivity index (χ0n) is 14.5. The molecule has 0 heterocycles. The van der Waals surface area contributed by atoms with Gasteiger partial charge in [-0.05, 0) is 36.1 Å². The molecule has 2 nitrogen and oxygen atoms in total. The number of halogens is 3. The summed E-state index contributed by atoms with van der Waals surface area (Å²) in [5.74, 6) is 0.0418. The van der Waals surface area contributed by atoms with Crippen LogP contribution in [0, 0.1) is 0 Å². The van der Waals surface area contributed by atoms with Crippen molar-refractivity contribution in [2.75, 3.05) is 0 Å². The van der Waals surface area contributed by atoms with Crippen LogP contribution in [0.25, 0.3) is 11.1 Å². The molecule has 1 atom stereocenters. The van der Waals surface area contributed by atoms with E-state index in [0.29, 0.717) is 12.0 Å². The molecule has 2 aromatic carbocycles. The topological polar surface area (TPSA) is 29.1 Å². The third-order valence-electron chi connectivity index (χ3n) is 3.96. The SMILES string of the molecule is CC(=O)C(Cc1ccc(-c2ccccc2C(F)(F)F)cc1)NC(C)C. The Morgan fingerprint density at radius 2 is 1.64 bits per heavy atom. The third-order valence-corrected chi connectivity index (χ3v) is 3.96. The van der Waals surface area contributed by atoms with E-state index in [4.69, 9.17) is 0 Å². The Bertz CT molecular complexity index is 720. The zero-order valence-corrected chi connectivity index (χ0v) is 14.5. The van der Waals surface area contributed by atoms with Gasteiger partial charge < -0.3 is 5.32 Å². The van der Waals surface area contributed by atoms with Crippen LogP contribution in [0.15, 0.2) is 48.5 Å². The van der Waals surface area contributed by atoms with Crippen molar-refractivity contribution < 1.29 is 18.0 Å². The molecule has 1 unspecified atom stereocenters. The van der Waals surface area contributed by atoms with Crippen molar-refractivity contribution >= 4 is 5.78 Å². The van der Waals surface area contributed by atoms with Crippen LogP contribution in [0.5, 0.6) is 0 Å². The van der Waals surface area contributed by atoms with Crippen molar-refractivity contribution in [2.24, 2.45) is 0 Å². The second-order valence-corrected chi connectivity index (χ2v) is 6.43. The number of hydrogen-bond acceptors (Lipinski definition) is 2. The van der Waals surface area contributed by atoms with Crippen LogP contribution in [0.2, 0.25) is 0 Å². The maximum Gasteiger partial charge on any atom is 0.417 e. The second-order valence-electron chi connectivity index (χ2n) is 6.43. The fourth-order valence-electron chi connectivity index (χ4n) is 2.76. The monoisotopic (exact) mass is 349 g/mol. The van der Waals surface area contributed by atoms with E-state index < -0.39 is 11.7 Å². The average Bonchev–Trinajstić information content (AvgIpc) is 2.53. The van der Waals surface area contributed by atoms with Gasteiger partial charge in [0.05, 0.1) is 11.6 Å².